The summed E-state index contributed by atoms with van der Waals surface area (Å²) in [7, 11) is 1.65. The lowest BCUT2D eigenvalue weighted by Gasteiger charge is -2.12. The van der Waals surface area contributed by atoms with Crippen molar-refractivity contribution in [3.8, 4) is 0 Å². The van der Waals surface area contributed by atoms with E-state index in [1.54, 1.807) is 7.11 Å². The Kier molecular flexibility index (Phi) is 3.81. The van der Waals surface area contributed by atoms with Gasteiger partial charge >= 0.3 is 0 Å². The molecule has 0 bridgehead atoms. The summed E-state index contributed by atoms with van der Waals surface area (Å²) in [4.78, 5) is 4.59. The van der Waals surface area contributed by atoms with E-state index in [1.165, 1.54) is 0 Å². The molecule has 1 heterocycles. The van der Waals surface area contributed by atoms with Crippen molar-refractivity contribution < 1.29 is 4.74 Å². The molecule has 0 radical (unpaired) electrons. The van der Waals surface area contributed by atoms with Crippen LogP contribution in [0.5, 0.6) is 0 Å². The molecule has 1 aromatic carbocycles. The van der Waals surface area contributed by atoms with Crippen molar-refractivity contribution in [2.24, 2.45) is 5.73 Å². The molecule has 0 aliphatic carbocycles. The Bertz CT molecular complexity index is 524. The number of nitrogens with two attached hydrogens (primary N) is 1. The molecule has 0 spiro atoms. The second kappa shape index (κ2) is 5.16. The smallest absolute Gasteiger partial charge is 0.129 e. The molecular weight excluding hydrogens is 282 g/mol. The van der Waals surface area contributed by atoms with Gasteiger partial charge in [-0.2, -0.15) is 0 Å². The van der Waals surface area contributed by atoms with Crippen LogP contribution in [0.3, 0.4) is 0 Å². The molecule has 1 unspecified atom stereocenters. The van der Waals surface area contributed by atoms with Gasteiger partial charge in [0.15, 0.2) is 0 Å². The number of aromatic nitrogens is 2. The third-order valence-corrected chi connectivity index (χ3v) is 3.23. The Balaban J connectivity index is 2.55. The Morgan fingerprint density at radius 3 is 2.94 bits per heavy atom. The number of nitrogens with zero attached hydrogens (tertiary/aromatic N) is 2. The summed E-state index contributed by atoms with van der Waals surface area (Å²) in [5.41, 5.74) is 8.13. The predicted octanol–water partition coefficient (Wildman–Crippen LogP) is 2.46. The SMILES string of the molecule is CCn1c(C(N)COC)nc2cc(Br)ccc21. The second-order valence-corrected chi connectivity index (χ2v) is 4.82. The van der Waals surface area contributed by atoms with Gasteiger partial charge in [0, 0.05) is 18.1 Å². The van der Waals surface area contributed by atoms with Crippen LogP contribution in [0.15, 0.2) is 22.7 Å². The monoisotopic (exact) mass is 297 g/mol. The molecular formula is C12H16BrN3O. The van der Waals surface area contributed by atoms with Crippen LogP contribution in [-0.4, -0.2) is 23.3 Å². The van der Waals surface area contributed by atoms with Gasteiger partial charge < -0.3 is 15.0 Å². The summed E-state index contributed by atoms with van der Waals surface area (Å²) in [6.07, 6.45) is 0. The van der Waals surface area contributed by atoms with Gasteiger partial charge in [-0.3, -0.25) is 0 Å². The topological polar surface area (TPSA) is 53.1 Å². The maximum Gasteiger partial charge on any atom is 0.129 e. The van der Waals surface area contributed by atoms with Crippen LogP contribution in [0.2, 0.25) is 0 Å². The van der Waals surface area contributed by atoms with Crippen molar-refractivity contribution in [3.05, 3.63) is 28.5 Å². The number of halogens is 1. The molecule has 4 nitrogen and oxygen atoms in total. The molecule has 0 saturated carbocycles. The molecule has 92 valence electrons. The molecule has 17 heavy (non-hydrogen) atoms. The van der Waals surface area contributed by atoms with Gasteiger partial charge in [-0.1, -0.05) is 15.9 Å². The predicted molar refractivity (Wildman–Crippen MR) is 71.9 cm³/mol. The average Bonchev–Trinajstić information content (AvgIpc) is 2.66. The highest BCUT2D eigenvalue weighted by atomic mass is 79.9. The molecule has 0 aliphatic rings. The average molecular weight is 298 g/mol. The van der Waals surface area contributed by atoms with Crippen LogP contribution in [0, 0.1) is 0 Å². The van der Waals surface area contributed by atoms with Crippen molar-refractivity contribution in [1.29, 1.82) is 0 Å². The van der Waals surface area contributed by atoms with Crippen LogP contribution in [0.4, 0.5) is 0 Å². The van der Waals surface area contributed by atoms with Gasteiger partial charge in [0.2, 0.25) is 0 Å². The Morgan fingerprint density at radius 1 is 1.53 bits per heavy atom. The van der Waals surface area contributed by atoms with Gasteiger partial charge in [0.25, 0.3) is 0 Å². The van der Waals surface area contributed by atoms with Crippen LogP contribution < -0.4 is 5.73 Å². The first-order valence-electron chi connectivity index (χ1n) is 5.57. The van der Waals surface area contributed by atoms with Crippen LogP contribution in [0.1, 0.15) is 18.8 Å². The van der Waals surface area contributed by atoms with E-state index in [2.05, 4.69) is 38.5 Å². The van der Waals surface area contributed by atoms with Gasteiger partial charge in [-0.05, 0) is 25.1 Å². The molecule has 2 aromatic rings. The van der Waals surface area contributed by atoms with Gasteiger partial charge in [0.05, 0.1) is 23.7 Å². The van der Waals surface area contributed by atoms with Crippen molar-refractivity contribution in [1.82, 2.24) is 9.55 Å². The van der Waals surface area contributed by atoms with Crippen LogP contribution in [0.25, 0.3) is 11.0 Å². The number of benzene rings is 1. The number of aryl methyl sites for hydroxylation is 1. The number of ether oxygens (including phenoxy) is 1. The number of hydrogen-bond acceptors (Lipinski definition) is 3. The minimum absolute atomic E-state index is 0.189. The van der Waals surface area contributed by atoms with E-state index in [-0.39, 0.29) is 6.04 Å². The van der Waals surface area contributed by atoms with E-state index in [1.807, 2.05) is 12.1 Å². The largest absolute Gasteiger partial charge is 0.383 e. The summed E-state index contributed by atoms with van der Waals surface area (Å²) in [5.74, 6) is 0.877. The minimum Gasteiger partial charge on any atom is -0.383 e. The number of hydrogen-bond donors (Lipinski definition) is 1. The number of methoxy groups -OCH3 is 1. The lowest BCUT2D eigenvalue weighted by atomic mass is 10.3. The molecule has 1 atom stereocenters. The standard InChI is InChI=1S/C12H16BrN3O/c1-3-16-11-5-4-8(13)6-10(11)15-12(16)9(14)7-17-2/h4-6,9H,3,7,14H2,1-2H3. The fraction of sp³-hybridized carbons (Fsp3) is 0.417. The number of fused-ring (bicyclic) bond motifs is 1. The number of rotatable bonds is 4. The van der Waals surface area contributed by atoms with Gasteiger partial charge in [-0.15, -0.1) is 0 Å². The quantitative estimate of drug-likeness (QED) is 0.943. The molecule has 0 amide bonds. The first-order valence-corrected chi connectivity index (χ1v) is 6.36. The lowest BCUT2D eigenvalue weighted by molar-refractivity contribution is 0.177. The van der Waals surface area contributed by atoms with Crippen molar-refractivity contribution in [3.63, 3.8) is 0 Å². The van der Waals surface area contributed by atoms with Gasteiger partial charge in [-0.25, -0.2) is 4.98 Å². The maximum atomic E-state index is 6.06. The molecule has 0 fully saturated rings. The second-order valence-electron chi connectivity index (χ2n) is 3.91. The molecule has 2 rings (SSSR count). The molecule has 0 saturated heterocycles. The van der Waals surface area contributed by atoms with Crippen LogP contribution in [-0.2, 0) is 11.3 Å². The zero-order valence-corrected chi connectivity index (χ0v) is 11.6. The normalized spacial score (nSPS) is 13.2. The molecule has 5 heteroatoms. The number of imidazole rings is 1. The van der Waals surface area contributed by atoms with Crippen molar-refractivity contribution in [2.75, 3.05) is 13.7 Å². The Labute approximate surface area is 109 Å². The highest BCUT2D eigenvalue weighted by Crippen LogP contribution is 2.23. The Hall–Kier alpha value is -0.910. The zero-order valence-electron chi connectivity index (χ0n) is 9.98. The van der Waals surface area contributed by atoms with E-state index >= 15 is 0 Å². The third-order valence-electron chi connectivity index (χ3n) is 2.73. The van der Waals surface area contributed by atoms with Crippen molar-refractivity contribution >= 4 is 27.0 Å². The summed E-state index contributed by atoms with van der Waals surface area (Å²) in [6, 6.07) is 5.89. The van der Waals surface area contributed by atoms with Crippen LogP contribution >= 0.6 is 15.9 Å². The summed E-state index contributed by atoms with van der Waals surface area (Å²) in [6.45, 7) is 3.42. The van der Waals surface area contributed by atoms with Gasteiger partial charge in [0.1, 0.15) is 5.82 Å². The fourth-order valence-electron chi connectivity index (χ4n) is 1.99. The third kappa shape index (κ3) is 2.36. The highest BCUT2D eigenvalue weighted by molar-refractivity contribution is 9.10. The Morgan fingerprint density at radius 2 is 2.29 bits per heavy atom. The van der Waals surface area contributed by atoms with Crippen molar-refractivity contribution in [2.45, 2.75) is 19.5 Å². The van der Waals surface area contributed by atoms with E-state index < -0.39 is 0 Å². The minimum atomic E-state index is -0.189. The summed E-state index contributed by atoms with van der Waals surface area (Å²) < 4.78 is 8.25. The summed E-state index contributed by atoms with van der Waals surface area (Å²) in [5, 5.41) is 0. The molecule has 2 N–H and O–H groups in total. The van der Waals surface area contributed by atoms with E-state index in [9.17, 15) is 0 Å². The maximum absolute atomic E-state index is 6.06. The fourth-order valence-corrected chi connectivity index (χ4v) is 2.34. The lowest BCUT2D eigenvalue weighted by Crippen LogP contribution is -2.20. The summed E-state index contributed by atoms with van der Waals surface area (Å²) >= 11 is 3.45. The van der Waals surface area contributed by atoms with E-state index in [0.29, 0.717) is 6.61 Å². The first-order chi connectivity index (χ1) is 8.17. The highest BCUT2D eigenvalue weighted by Gasteiger charge is 2.16. The molecule has 1 aromatic heterocycles. The molecule has 0 aliphatic heterocycles. The van der Waals surface area contributed by atoms with E-state index in [0.717, 1.165) is 27.9 Å². The zero-order chi connectivity index (χ0) is 12.4. The van der Waals surface area contributed by atoms with E-state index in [4.69, 9.17) is 10.5 Å². The first kappa shape index (κ1) is 12.5.